The predicted molar refractivity (Wildman–Crippen MR) is 114 cm³/mol. The van der Waals surface area contributed by atoms with Crippen molar-refractivity contribution in [2.45, 2.75) is 63.6 Å². The van der Waals surface area contributed by atoms with Gasteiger partial charge in [-0.25, -0.2) is 0 Å². The van der Waals surface area contributed by atoms with E-state index in [1.807, 2.05) is 7.05 Å². The van der Waals surface area contributed by atoms with Crippen LogP contribution in [0.25, 0.3) is 0 Å². The molecule has 1 saturated carbocycles. The monoisotopic (exact) mass is 395 g/mol. The van der Waals surface area contributed by atoms with Crippen LogP contribution in [0.2, 0.25) is 0 Å². The van der Waals surface area contributed by atoms with Crippen LogP contribution in [-0.4, -0.2) is 99.6 Å². The first-order chi connectivity index (χ1) is 13.6. The Morgan fingerprint density at radius 3 is 2.46 bits per heavy atom. The van der Waals surface area contributed by atoms with Gasteiger partial charge in [-0.3, -0.25) is 14.8 Å². The van der Waals surface area contributed by atoms with E-state index in [1.165, 1.54) is 32.1 Å². The van der Waals surface area contributed by atoms with Crippen molar-refractivity contribution in [2.24, 2.45) is 4.99 Å². The van der Waals surface area contributed by atoms with Crippen LogP contribution in [-0.2, 0) is 9.47 Å². The Bertz CT molecular complexity index is 489. The van der Waals surface area contributed by atoms with Gasteiger partial charge < -0.3 is 20.1 Å². The van der Waals surface area contributed by atoms with Crippen LogP contribution >= 0.6 is 0 Å². The van der Waals surface area contributed by atoms with Crippen LogP contribution in [0, 0.1) is 0 Å². The highest BCUT2D eigenvalue weighted by Gasteiger charge is 2.38. The van der Waals surface area contributed by atoms with Gasteiger partial charge in [-0.15, -0.1) is 0 Å². The van der Waals surface area contributed by atoms with Crippen molar-refractivity contribution in [3.05, 3.63) is 0 Å². The summed E-state index contributed by atoms with van der Waals surface area (Å²) in [5.41, 5.74) is 0.254. The largest absolute Gasteiger partial charge is 0.379 e. The number of nitrogens with one attached hydrogen (secondary N) is 2. The third-order valence-corrected chi connectivity index (χ3v) is 6.82. The van der Waals surface area contributed by atoms with Gasteiger partial charge in [0, 0.05) is 57.4 Å². The van der Waals surface area contributed by atoms with Gasteiger partial charge in [0.05, 0.1) is 26.4 Å². The fourth-order valence-electron chi connectivity index (χ4n) is 5.08. The summed E-state index contributed by atoms with van der Waals surface area (Å²) in [5.74, 6) is 0.922. The number of ether oxygens (including phenoxy) is 2. The Kier molecular flexibility index (Phi) is 8.38. The molecule has 1 aliphatic carbocycles. The van der Waals surface area contributed by atoms with Crippen molar-refractivity contribution in [1.82, 2.24) is 20.4 Å². The van der Waals surface area contributed by atoms with Gasteiger partial charge in [-0.2, -0.15) is 0 Å². The van der Waals surface area contributed by atoms with E-state index in [2.05, 4.69) is 39.3 Å². The van der Waals surface area contributed by atoms with Gasteiger partial charge in [-0.1, -0.05) is 19.3 Å². The molecule has 3 rings (SSSR count). The second-order valence-electron chi connectivity index (χ2n) is 8.70. The van der Waals surface area contributed by atoms with E-state index in [-0.39, 0.29) is 5.54 Å². The van der Waals surface area contributed by atoms with Crippen molar-refractivity contribution < 1.29 is 9.47 Å². The standard InChI is InChI=1S/C21H41N5O2/c1-18(26-11-14-28-16-19(26)2)15-23-20(22-3)24-17-21(7-5-4-6-8-21)25-9-12-27-13-10-25/h18-19H,4-17H2,1-3H3,(H2,22,23,24). The Balaban J connectivity index is 1.51. The Morgan fingerprint density at radius 1 is 1.07 bits per heavy atom. The molecule has 2 N–H and O–H groups in total. The molecular weight excluding hydrogens is 354 g/mol. The van der Waals surface area contributed by atoms with Gasteiger partial charge in [0.25, 0.3) is 0 Å². The van der Waals surface area contributed by atoms with E-state index in [1.54, 1.807) is 0 Å². The number of nitrogens with zero attached hydrogens (tertiary/aromatic N) is 3. The molecule has 2 atom stereocenters. The number of hydrogen-bond acceptors (Lipinski definition) is 5. The number of aliphatic imine (C=N–C) groups is 1. The number of guanidine groups is 1. The molecule has 162 valence electrons. The molecule has 2 unspecified atom stereocenters. The molecule has 0 spiro atoms. The van der Waals surface area contributed by atoms with Gasteiger partial charge in [0.1, 0.15) is 0 Å². The molecule has 28 heavy (non-hydrogen) atoms. The summed E-state index contributed by atoms with van der Waals surface area (Å²) < 4.78 is 11.2. The van der Waals surface area contributed by atoms with Crippen molar-refractivity contribution in [1.29, 1.82) is 0 Å². The SMILES string of the molecule is CN=C(NCC(C)N1CCOCC1C)NCC1(N2CCOCC2)CCCCC1. The van der Waals surface area contributed by atoms with Gasteiger partial charge >= 0.3 is 0 Å². The van der Waals surface area contributed by atoms with Crippen LogP contribution in [0.5, 0.6) is 0 Å². The average molecular weight is 396 g/mol. The van der Waals surface area contributed by atoms with Crippen molar-refractivity contribution in [3.63, 3.8) is 0 Å². The number of morpholine rings is 2. The molecule has 0 aromatic carbocycles. The van der Waals surface area contributed by atoms with Crippen LogP contribution in [0.4, 0.5) is 0 Å². The van der Waals surface area contributed by atoms with E-state index in [0.717, 1.165) is 65.1 Å². The fourth-order valence-corrected chi connectivity index (χ4v) is 5.08. The molecule has 7 nitrogen and oxygen atoms in total. The molecule has 2 saturated heterocycles. The lowest BCUT2D eigenvalue weighted by molar-refractivity contribution is -0.0353. The molecule has 3 aliphatic rings. The minimum atomic E-state index is 0.254. The summed E-state index contributed by atoms with van der Waals surface area (Å²) in [6.07, 6.45) is 6.58. The van der Waals surface area contributed by atoms with Crippen molar-refractivity contribution >= 4 is 5.96 Å². The van der Waals surface area contributed by atoms with Crippen LogP contribution in [0.15, 0.2) is 4.99 Å². The van der Waals surface area contributed by atoms with Crippen molar-refractivity contribution in [2.75, 3.05) is 66.2 Å². The van der Waals surface area contributed by atoms with Gasteiger partial charge in [0.2, 0.25) is 0 Å². The fraction of sp³-hybridized carbons (Fsp3) is 0.952. The molecule has 2 aliphatic heterocycles. The van der Waals surface area contributed by atoms with E-state index in [9.17, 15) is 0 Å². The third-order valence-electron chi connectivity index (χ3n) is 6.82. The maximum Gasteiger partial charge on any atom is 0.191 e. The first-order valence-corrected chi connectivity index (χ1v) is 11.3. The highest BCUT2D eigenvalue weighted by molar-refractivity contribution is 5.79. The molecule has 2 heterocycles. The Labute approximate surface area is 171 Å². The topological polar surface area (TPSA) is 61.4 Å². The third kappa shape index (κ3) is 5.59. The van der Waals surface area contributed by atoms with E-state index < -0.39 is 0 Å². The predicted octanol–water partition coefficient (Wildman–Crippen LogP) is 1.30. The van der Waals surface area contributed by atoms with E-state index in [4.69, 9.17) is 9.47 Å². The quantitative estimate of drug-likeness (QED) is 0.522. The molecule has 0 radical (unpaired) electrons. The lowest BCUT2D eigenvalue weighted by atomic mass is 9.80. The molecule has 0 bridgehead atoms. The van der Waals surface area contributed by atoms with Gasteiger partial charge in [0.15, 0.2) is 5.96 Å². The Hall–Kier alpha value is -0.890. The Morgan fingerprint density at radius 2 is 1.79 bits per heavy atom. The summed E-state index contributed by atoms with van der Waals surface area (Å²) in [6, 6.07) is 0.938. The zero-order valence-corrected chi connectivity index (χ0v) is 18.2. The van der Waals surface area contributed by atoms with E-state index in [0.29, 0.717) is 12.1 Å². The maximum atomic E-state index is 5.60. The zero-order chi connectivity index (χ0) is 19.8. The lowest BCUT2D eigenvalue weighted by Gasteiger charge is -2.48. The lowest BCUT2D eigenvalue weighted by Crippen LogP contribution is -2.61. The number of hydrogen-bond donors (Lipinski definition) is 2. The van der Waals surface area contributed by atoms with Crippen LogP contribution < -0.4 is 10.6 Å². The number of rotatable bonds is 6. The summed E-state index contributed by atoms with van der Waals surface area (Å²) in [7, 11) is 1.87. The smallest absolute Gasteiger partial charge is 0.191 e. The van der Waals surface area contributed by atoms with Gasteiger partial charge in [-0.05, 0) is 26.7 Å². The molecular formula is C21H41N5O2. The molecule has 7 heteroatoms. The summed E-state index contributed by atoms with van der Waals surface area (Å²) in [4.78, 5) is 9.70. The minimum absolute atomic E-state index is 0.254. The molecule has 0 aromatic heterocycles. The highest BCUT2D eigenvalue weighted by Crippen LogP contribution is 2.33. The molecule has 0 aromatic rings. The van der Waals surface area contributed by atoms with E-state index >= 15 is 0 Å². The maximum absolute atomic E-state index is 5.60. The summed E-state index contributed by atoms with van der Waals surface area (Å²) >= 11 is 0. The first kappa shape index (κ1) is 21.8. The normalized spacial score (nSPS) is 28.7. The molecule has 3 fully saturated rings. The second-order valence-corrected chi connectivity index (χ2v) is 8.70. The van der Waals surface area contributed by atoms with Crippen LogP contribution in [0.3, 0.4) is 0 Å². The zero-order valence-electron chi connectivity index (χ0n) is 18.2. The van der Waals surface area contributed by atoms with Crippen LogP contribution in [0.1, 0.15) is 46.0 Å². The summed E-state index contributed by atoms with van der Waals surface area (Å²) in [6.45, 7) is 12.9. The molecule has 0 amide bonds. The average Bonchev–Trinajstić information content (AvgIpc) is 2.75. The minimum Gasteiger partial charge on any atom is -0.379 e. The summed E-state index contributed by atoms with van der Waals surface area (Å²) in [5, 5.41) is 7.22. The first-order valence-electron chi connectivity index (χ1n) is 11.3. The highest BCUT2D eigenvalue weighted by atomic mass is 16.5. The van der Waals surface area contributed by atoms with Crippen molar-refractivity contribution in [3.8, 4) is 0 Å². The second kappa shape index (κ2) is 10.8.